The Bertz CT molecular complexity index is 374. The van der Waals surface area contributed by atoms with Crippen LogP contribution in [0.2, 0.25) is 0 Å². The Hall–Kier alpha value is -1.48. The number of allylic oxidation sites excluding steroid dienone is 1. The monoisotopic (exact) mass is 219 g/mol. The molecule has 2 N–H and O–H groups in total. The van der Waals surface area contributed by atoms with Crippen molar-refractivity contribution in [1.82, 2.24) is 0 Å². The number of fused-ring (bicyclic) bond motifs is 1. The molecule has 0 saturated heterocycles. The van der Waals surface area contributed by atoms with Crippen molar-refractivity contribution < 1.29 is 9.47 Å². The zero-order valence-corrected chi connectivity index (χ0v) is 9.32. The number of benzene rings is 1. The van der Waals surface area contributed by atoms with Crippen molar-refractivity contribution in [3.8, 4) is 11.5 Å². The quantitative estimate of drug-likeness (QED) is 0.790. The predicted octanol–water partition coefficient (Wildman–Crippen LogP) is 2.21. The van der Waals surface area contributed by atoms with Crippen LogP contribution in [0.4, 0.5) is 0 Å². The number of rotatable bonds is 4. The fraction of sp³-hybridized carbons (Fsp3) is 0.385. The van der Waals surface area contributed by atoms with Crippen molar-refractivity contribution in [2.45, 2.75) is 12.8 Å². The van der Waals surface area contributed by atoms with Crippen molar-refractivity contribution in [3.63, 3.8) is 0 Å². The average molecular weight is 219 g/mol. The van der Waals surface area contributed by atoms with E-state index in [4.69, 9.17) is 15.2 Å². The van der Waals surface area contributed by atoms with Gasteiger partial charge in [0.05, 0.1) is 0 Å². The lowest BCUT2D eigenvalue weighted by Crippen LogP contribution is -2.15. The van der Waals surface area contributed by atoms with Crippen LogP contribution in [0, 0.1) is 0 Å². The van der Waals surface area contributed by atoms with E-state index in [1.165, 1.54) is 0 Å². The van der Waals surface area contributed by atoms with Gasteiger partial charge in [-0.25, -0.2) is 0 Å². The molecule has 1 aliphatic heterocycles. The van der Waals surface area contributed by atoms with E-state index in [0.717, 1.165) is 36.4 Å². The minimum absolute atomic E-state index is 0.632. The van der Waals surface area contributed by atoms with Gasteiger partial charge in [-0.05, 0) is 37.1 Å². The summed E-state index contributed by atoms with van der Waals surface area (Å²) in [6.07, 6.45) is 6.28. The summed E-state index contributed by atoms with van der Waals surface area (Å²) in [6, 6.07) is 6.00. The molecule has 2 rings (SSSR count). The summed E-state index contributed by atoms with van der Waals surface area (Å²) in [5.74, 6) is 1.68. The summed E-state index contributed by atoms with van der Waals surface area (Å²) in [6.45, 7) is 2.01. The summed E-state index contributed by atoms with van der Waals surface area (Å²) in [7, 11) is 0. The summed E-state index contributed by atoms with van der Waals surface area (Å²) in [5, 5.41) is 0. The fourth-order valence-electron chi connectivity index (χ4n) is 1.62. The molecule has 0 fully saturated rings. The molecule has 0 bridgehead atoms. The van der Waals surface area contributed by atoms with Crippen LogP contribution in [-0.4, -0.2) is 19.8 Å². The third-order valence-corrected chi connectivity index (χ3v) is 2.45. The van der Waals surface area contributed by atoms with Gasteiger partial charge in [0.15, 0.2) is 11.5 Å². The van der Waals surface area contributed by atoms with E-state index in [0.29, 0.717) is 13.2 Å². The maximum absolute atomic E-state index is 5.51. The first kappa shape index (κ1) is 11.0. The number of hydrogen-bond acceptors (Lipinski definition) is 3. The van der Waals surface area contributed by atoms with Gasteiger partial charge in [0.25, 0.3) is 0 Å². The number of hydrogen-bond donors (Lipinski definition) is 1. The fourth-order valence-corrected chi connectivity index (χ4v) is 1.62. The number of unbranched alkanes of at least 4 members (excludes halogenated alkanes) is 1. The van der Waals surface area contributed by atoms with E-state index in [-0.39, 0.29) is 0 Å². The van der Waals surface area contributed by atoms with Crippen molar-refractivity contribution in [2.24, 2.45) is 5.73 Å². The van der Waals surface area contributed by atoms with Gasteiger partial charge in [0.2, 0.25) is 0 Å². The zero-order valence-electron chi connectivity index (χ0n) is 9.32. The van der Waals surface area contributed by atoms with Crippen LogP contribution in [0.1, 0.15) is 18.4 Å². The standard InChI is InChI=1S/C13H17NO2/c14-7-3-1-2-4-11-5-6-12-13(10-11)16-9-8-15-12/h2,4-6,10H,1,3,7-9,14H2/b4-2+. The average Bonchev–Trinajstić information content (AvgIpc) is 2.34. The lowest BCUT2D eigenvalue weighted by Gasteiger charge is -2.18. The van der Waals surface area contributed by atoms with Crippen LogP contribution in [0.5, 0.6) is 11.5 Å². The highest BCUT2D eigenvalue weighted by molar-refractivity contribution is 5.56. The normalized spacial score (nSPS) is 14.3. The Morgan fingerprint density at radius 2 is 2.00 bits per heavy atom. The second-order valence-electron chi connectivity index (χ2n) is 3.74. The second-order valence-corrected chi connectivity index (χ2v) is 3.74. The third kappa shape index (κ3) is 2.76. The van der Waals surface area contributed by atoms with Crippen LogP contribution in [0.15, 0.2) is 24.3 Å². The molecule has 0 unspecified atom stereocenters. The molecule has 1 aromatic carbocycles. The molecule has 1 heterocycles. The third-order valence-electron chi connectivity index (χ3n) is 2.45. The Morgan fingerprint density at radius 1 is 1.19 bits per heavy atom. The maximum atomic E-state index is 5.51. The SMILES string of the molecule is NCCC/C=C/c1ccc2c(c1)OCCO2. The molecule has 0 amide bonds. The Labute approximate surface area is 95.9 Å². The molecule has 86 valence electrons. The lowest BCUT2D eigenvalue weighted by atomic mass is 10.1. The highest BCUT2D eigenvalue weighted by Gasteiger charge is 2.10. The molecular weight excluding hydrogens is 202 g/mol. The molecule has 1 aliphatic rings. The Morgan fingerprint density at radius 3 is 2.81 bits per heavy atom. The predicted molar refractivity (Wildman–Crippen MR) is 64.8 cm³/mol. The molecule has 0 aromatic heterocycles. The topological polar surface area (TPSA) is 44.5 Å². The number of nitrogens with two attached hydrogens (primary N) is 1. The highest BCUT2D eigenvalue weighted by atomic mass is 16.6. The molecule has 0 atom stereocenters. The number of ether oxygens (including phenoxy) is 2. The molecular formula is C13H17NO2. The smallest absolute Gasteiger partial charge is 0.161 e. The lowest BCUT2D eigenvalue weighted by molar-refractivity contribution is 0.171. The van der Waals surface area contributed by atoms with Gasteiger partial charge in [-0.15, -0.1) is 0 Å². The van der Waals surface area contributed by atoms with Gasteiger partial charge in [-0.3, -0.25) is 0 Å². The first-order valence-electron chi connectivity index (χ1n) is 5.66. The van der Waals surface area contributed by atoms with Gasteiger partial charge in [-0.1, -0.05) is 18.2 Å². The van der Waals surface area contributed by atoms with Crippen molar-refractivity contribution >= 4 is 6.08 Å². The zero-order chi connectivity index (χ0) is 11.2. The van der Waals surface area contributed by atoms with E-state index in [9.17, 15) is 0 Å². The van der Waals surface area contributed by atoms with Gasteiger partial charge in [0.1, 0.15) is 13.2 Å². The minimum atomic E-state index is 0.632. The first-order valence-corrected chi connectivity index (χ1v) is 5.66. The van der Waals surface area contributed by atoms with Crippen LogP contribution in [0.25, 0.3) is 6.08 Å². The van der Waals surface area contributed by atoms with Crippen LogP contribution in [-0.2, 0) is 0 Å². The van der Waals surface area contributed by atoms with Gasteiger partial charge in [0, 0.05) is 0 Å². The van der Waals surface area contributed by atoms with E-state index in [2.05, 4.69) is 12.2 Å². The maximum Gasteiger partial charge on any atom is 0.161 e. The molecule has 3 nitrogen and oxygen atoms in total. The highest BCUT2D eigenvalue weighted by Crippen LogP contribution is 2.31. The largest absolute Gasteiger partial charge is 0.486 e. The molecule has 1 aromatic rings. The molecule has 0 spiro atoms. The summed E-state index contributed by atoms with van der Waals surface area (Å²) in [5.41, 5.74) is 6.57. The second kappa shape index (κ2) is 5.56. The van der Waals surface area contributed by atoms with Gasteiger partial charge in [-0.2, -0.15) is 0 Å². The molecule has 0 radical (unpaired) electrons. The summed E-state index contributed by atoms with van der Waals surface area (Å²) < 4.78 is 11.0. The van der Waals surface area contributed by atoms with Crippen molar-refractivity contribution in [1.29, 1.82) is 0 Å². The summed E-state index contributed by atoms with van der Waals surface area (Å²) >= 11 is 0. The molecule has 0 aliphatic carbocycles. The first-order chi connectivity index (χ1) is 7.90. The van der Waals surface area contributed by atoms with E-state index in [1.807, 2.05) is 18.2 Å². The minimum Gasteiger partial charge on any atom is -0.486 e. The summed E-state index contributed by atoms with van der Waals surface area (Å²) in [4.78, 5) is 0. The van der Waals surface area contributed by atoms with E-state index >= 15 is 0 Å². The molecule has 0 saturated carbocycles. The Kier molecular flexibility index (Phi) is 3.83. The van der Waals surface area contributed by atoms with Crippen LogP contribution >= 0.6 is 0 Å². The molecule has 3 heteroatoms. The van der Waals surface area contributed by atoms with Gasteiger partial charge < -0.3 is 15.2 Å². The molecule has 16 heavy (non-hydrogen) atoms. The van der Waals surface area contributed by atoms with Crippen LogP contribution < -0.4 is 15.2 Å². The Balaban J connectivity index is 2.02. The van der Waals surface area contributed by atoms with Crippen molar-refractivity contribution in [2.75, 3.05) is 19.8 Å². The van der Waals surface area contributed by atoms with Gasteiger partial charge >= 0.3 is 0 Å². The van der Waals surface area contributed by atoms with Crippen LogP contribution in [0.3, 0.4) is 0 Å². The van der Waals surface area contributed by atoms with E-state index < -0.39 is 0 Å². The van der Waals surface area contributed by atoms with E-state index in [1.54, 1.807) is 0 Å². The van der Waals surface area contributed by atoms with Crippen molar-refractivity contribution in [3.05, 3.63) is 29.8 Å².